The molecule has 1 aliphatic heterocycles. The molecule has 3 nitrogen and oxygen atoms in total. The Labute approximate surface area is 127 Å². The molecule has 1 saturated heterocycles. The van der Waals surface area contributed by atoms with Gasteiger partial charge < -0.3 is 10.2 Å². The lowest BCUT2D eigenvalue weighted by molar-refractivity contribution is 0.213. The standard InChI is InChI=1S/C17H26FN3/c1-3-15-12-21(9-8-20(15)2)17-7-4-13(10-16(17)18)11-19-14-5-6-14/h4,7,10,14-15,19H,3,5-6,8-9,11-12H2,1-2H3. The minimum Gasteiger partial charge on any atom is -0.366 e. The van der Waals surface area contributed by atoms with Crippen LogP contribution < -0.4 is 10.2 Å². The number of benzene rings is 1. The van der Waals surface area contributed by atoms with E-state index in [1.54, 1.807) is 6.07 Å². The van der Waals surface area contributed by atoms with Crippen molar-refractivity contribution in [2.45, 2.75) is 44.8 Å². The summed E-state index contributed by atoms with van der Waals surface area (Å²) in [5.74, 6) is -0.0792. The van der Waals surface area contributed by atoms with E-state index in [2.05, 4.69) is 35.2 Å². The highest BCUT2D eigenvalue weighted by atomic mass is 19.1. The first-order chi connectivity index (χ1) is 10.2. The normalized spacial score (nSPS) is 23.6. The van der Waals surface area contributed by atoms with E-state index in [0.29, 0.717) is 12.1 Å². The molecule has 1 aromatic rings. The van der Waals surface area contributed by atoms with Crippen molar-refractivity contribution in [2.24, 2.45) is 0 Å². The summed E-state index contributed by atoms with van der Waals surface area (Å²) in [6.45, 7) is 5.81. The monoisotopic (exact) mass is 291 g/mol. The van der Waals surface area contributed by atoms with Gasteiger partial charge in [0.05, 0.1) is 5.69 Å². The SMILES string of the molecule is CCC1CN(c2ccc(CNC3CC3)cc2F)CCN1C. The molecule has 1 aliphatic carbocycles. The Balaban J connectivity index is 1.66. The third-order valence-electron chi connectivity index (χ3n) is 4.77. The van der Waals surface area contributed by atoms with Crippen molar-refractivity contribution in [1.82, 2.24) is 10.2 Å². The van der Waals surface area contributed by atoms with Gasteiger partial charge in [-0.25, -0.2) is 4.39 Å². The Morgan fingerprint density at radius 1 is 1.29 bits per heavy atom. The predicted molar refractivity (Wildman–Crippen MR) is 85.2 cm³/mol. The van der Waals surface area contributed by atoms with Crippen molar-refractivity contribution in [1.29, 1.82) is 0 Å². The number of hydrogen-bond donors (Lipinski definition) is 1. The van der Waals surface area contributed by atoms with E-state index in [-0.39, 0.29) is 5.82 Å². The number of nitrogens with zero attached hydrogens (tertiary/aromatic N) is 2. The molecule has 0 bridgehead atoms. The Morgan fingerprint density at radius 2 is 2.10 bits per heavy atom. The summed E-state index contributed by atoms with van der Waals surface area (Å²) in [7, 11) is 2.16. The first-order valence-corrected chi connectivity index (χ1v) is 8.14. The molecule has 4 heteroatoms. The average Bonchev–Trinajstić information content (AvgIpc) is 3.30. The van der Waals surface area contributed by atoms with Gasteiger partial charge in [0.1, 0.15) is 5.82 Å². The lowest BCUT2D eigenvalue weighted by Crippen LogP contribution is -2.51. The van der Waals surface area contributed by atoms with Gasteiger partial charge >= 0.3 is 0 Å². The van der Waals surface area contributed by atoms with E-state index in [1.165, 1.54) is 12.8 Å². The Kier molecular flexibility index (Phi) is 4.45. The number of likely N-dealkylation sites (N-methyl/N-ethyl adjacent to an activating group) is 1. The highest BCUT2D eigenvalue weighted by Crippen LogP contribution is 2.25. The van der Waals surface area contributed by atoms with E-state index < -0.39 is 0 Å². The highest BCUT2D eigenvalue weighted by Gasteiger charge is 2.25. The molecule has 0 spiro atoms. The Morgan fingerprint density at radius 3 is 2.76 bits per heavy atom. The lowest BCUT2D eigenvalue weighted by atomic mass is 10.1. The van der Waals surface area contributed by atoms with Crippen molar-refractivity contribution in [3.8, 4) is 0 Å². The van der Waals surface area contributed by atoms with Gasteiger partial charge in [-0.05, 0) is 44.0 Å². The molecule has 1 atom stereocenters. The van der Waals surface area contributed by atoms with Crippen LogP contribution in [0.4, 0.5) is 10.1 Å². The smallest absolute Gasteiger partial charge is 0.146 e. The van der Waals surface area contributed by atoms with Crippen LogP contribution in [0, 0.1) is 5.82 Å². The van der Waals surface area contributed by atoms with Gasteiger partial charge in [0.25, 0.3) is 0 Å². The topological polar surface area (TPSA) is 18.5 Å². The molecular formula is C17H26FN3. The molecule has 1 aromatic carbocycles. The zero-order valence-electron chi connectivity index (χ0n) is 13.1. The number of hydrogen-bond acceptors (Lipinski definition) is 3. The van der Waals surface area contributed by atoms with Gasteiger partial charge in [-0.1, -0.05) is 13.0 Å². The molecule has 1 saturated carbocycles. The average molecular weight is 291 g/mol. The third kappa shape index (κ3) is 3.55. The van der Waals surface area contributed by atoms with Gasteiger partial charge in [-0.3, -0.25) is 4.90 Å². The van der Waals surface area contributed by atoms with Crippen LogP contribution in [0.2, 0.25) is 0 Å². The third-order valence-corrected chi connectivity index (χ3v) is 4.77. The van der Waals surface area contributed by atoms with Crippen LogP contribution in [0.15, 0.2) is 18.2 Å². The summed E-state index contributed by atoms with van der Waals surface area (Å²) in [4.78, 5) is 4.57. The molecule has 116 valence electrons. The van der Waals surface area contributed by atoms with Crippen LogP contribution in [0.5, 0.6) is 0 Å². The second-order valence-electron chi connectivity index (χ2n) is 6.43. The maximum absolute atomic E-state index is 14.4. The summed E-state index contributed by atoms with van der Waals surface area (Å²) in [6.07, 6.45) is 3.64. The van der Waals surface area contributed by atoms with Crippen molar-refractivity contribution in [3.05, 3.63) is 29.6 Å². The van der Waals surface area contributed by atoms with E-state index in [4.69, 9.17) is 0 Å². The summed E-state index contributed by atoms with van der Waals surface area (Å²) < 4.78 is 14.4. The van der Waals surface area contributed by atoms with Crippen LogP contribution in [-0.2, 0) is 6.54 Å². The maximum Gasteiger partial charge on any atom is 0.146 e. The van der Waals surface area contributed by atoms with Crippen molar-refractivity contribution in [3.63, 3.8) is 0 Å². The minimum absolute atomic E-state index is 0.0792. The summed E-state index contributed by atoms with van der Waals surface area (Å²) >= 11 is 0. The second-order valence-corrected chi connectivity index (χ2v) is 6.43. The lowest BCUT2D eigenvalue weighted by Gasteiger charge is -2.40. The van der Waals surface area contributed by atoms with Gasteiger partial charge in [0.2, 0.25) is 0 Å². The van der Waals surface area contributed by atoms with Gasteiger partial charge in [0.15, 0.2) is 0 Å². The van der Waals surface area contributed by atoms with Crippen LogP contribution in [0.1, 0.15) is 31.7 Å². The number of halogens is 1. The molecule has 2 aliphatic rings. The number of nitrogens with one attached hydrogen (secondary N) is 1. The molecule has 2 fully saturated rings. The summed E-state index contributed by atoms with van der Waals surface area (Å²) in [6, 6.07) is 6.90. The predicted octanol–water partition coefficient (Wildman–Crippen LogP) is 2.61. The highest BCUT2D eigenvalue weighted by molar-refractivity contribution is 5.50. The molecule has 3 rings (SSSR count). The molecule has 0 radical (unpaired) electrons. The minimum atomic E-state index is -0.0792. The van der Waals surface area contributed by atoms with Crippen molar-refractivity contribution in [2.75, 3.05) is 31.6 Å². The first kappa shape index (κ1) is 14.8. The number of piperazine rings is 1. The van der Waals surface area contributed by atoms with Gasteiger partial charge in [-0.2, -0.15) is 0 Å². The van der Waals surface area contributed by atoms with E-state index in [9.17, 15) is 4.39 Å². The molecular weight excluding hydrogens is 265 g/mol. The van der Waals surface area contributed by atoms with Crippen LogP contribution >= 0.6 is 0 Å². The van der Waals surface area contributed by atoms with Gasteiger partial charge in [-0.15, -0.1) is 0 Å². The van der Waals surface area contributed by atoms with Crippen molar-refractivity contribution < 1.29 is 4.39 Å². The fourth-order valence-electron chi connectivity index (χ4n) is 3.07. The van der Waals surface area contributed by atoms with Crippen LogP contribution in [-0.4, -0.2) is 43.7 Å². The molecule has 1 N–H and O–H groups in total. The molecule has 21 heavy (non-hydrogen) atoms. The Hall–Kier alpha value is -1.13. The summed E-state index contributed by atoms with van der Waals surface area (Å²) in [5.41, 5.74) is 1.81. The van der Waals surface area contributed by atoms with Crippen molar-refractivity contribution >= 4 is 5.69 Å². The largest absolute Gasteiger partial charge is 0.366 e. The zero-order chi connectivity index (χ0) is 14.8. The second kappa shape index (κ2) is 6.32. The first-order valence-electron chi connectivity index (χ1n) is 8.14. The van der Waals surface area contributed by atoms with E-state index >= 15 is 0 Å². The number of rotatable bonds is 5. The maximum atomic E-state index is 14.4. The van der Waals surface area contributed by atoms with Crippen LogP contribution in [0.3, 0.4) is 0 Å². The zero-order valence-corrected chi connectivity index (χ0v) is 13.1. The van der Waals surface area contributed by atoms with Crippen LogP contribution in [0.25, 0.3) is 0 Å². The fourth-order valence-corrected chi connectivity index (χ4v) is 3.07. The fraction of sp³-hybridized carbons (Fsp3) is 0.647. The molecule has 0 amide bonds. The van der Waals surface area contributed by atoms with E-state index in [0.717, 1.165) is 43.9 Å². The quantitative estimate of drug-likeness (QED) is 0.899. The molecule has 1 unspecified atom stereocenters. The number of anilines is 1. The Bertz CT molecular complexity index is 487. The van der Waals surface area contributed by atoms with Gasteiger partial charge in [0, 0.05) is 38.3 Å². The van der Waals surface area contributed by atoms with E-state index in [1.807, 2.05) is 6.07 Å². The molecule has 1 heterocycles. The summed E-state index contributed by atoms with van der Waals surface area (Å²) in [5, 5.41) is 3.43. The molecule has 0 aromatic heterocycles.